The first kappa shape index (κ1) is 13.2. The number of hydrogen-bond acceptors (Lipinski definition) is 2. The molecule has 0 saturated carbocycles. The Bertz CT molecular complexity index is 629. The number of rotatable bonds is 3. The molecule has 0 bridgehead atoms. The van der Waals surface area contributed by atoms with Gasteiger partial charge in [-0.2, -0.15) is 4.99 Å². The third-order valence-electron chi connectivity index (χ3n) is 2.97. The summed E-state index contributed by atoms with van der Waals surface area (Å²) in [5.41, 5.74) is 2.66. The summed E-state index contributed by atoms with van der Waals surface area (Å²) in [5.74, 6) is -0.252. The minimum Gasteiger partial charge on any atom is -0.211 e. The predicted molar refractivity (Wildman–Crippen MR) is 73.7 cm³/mol. The molecule has 2 nitrogen and oxygen atoms in total. The molecule has 2 rings (SSSR count). The number of benzene rings is 2. The van der Waals surface area contributed by atoms with Crippen molar-refractivity contribution in [3.05, 3.63) is 53.8 Å². The third kappa shape index (κ3) is 2.78. The Morgan fingerprint density at radius 2 is 1.84 bits per heavy atom. The van der Waals surface area contributed by atoms with E-state index in [0.29, 0.717) is 16.8 Å². The molecule has 0 unspecified atom stereocenters. The molecule has 19 heavy (non-hydrogen) atoms. The lowest BCUT2D eigenvalue weighted by atomic mass is 9.94. The van der Waals surface area contributed by atoms with Crippen molar-refractivity contribution < 1.29 is 9.18 Å². The Morgan fingerprint density at radius 1 is 1.16 bits per heavy atom. The van der Waals surface area contributed by atoms with Gasteiger partial charge in [-0.3, -0.25) is 0 Å². The molecule has 0 amide bonds. The van der Waals surface area contributed by atoms with Crippen molar-refractivity contribution in [2.24, 2.45) is 4.99 Å². The minimum absolute atomic E-state index is 0.0743. The van der Waals surface area contributed by atoms with Gasteiger partial charge >= 0.3 is 0 Å². The van der Waals surface area contributed by atoms with Crippen molar-refractivity contribution in [1.29, 1.82) is 0 Å². The van der Waals surface area contributed by atoms with Crippen LogP contribution in [0.15, 0.2) is 47.5 Å². The van der Waals surface area contributed by atoms with E-state index in [0.717, 1.165) is 5.56 Å². The van der Waals surface area contributed by atoms with Crippen LogP contribution in [0.1, 0.15) is 25.3 Å². The molecular weight excluding hydrogens is 241 g/mol. The van der Waals surface area contributed by atoms with Crippen molar-refractivity contribution >= 4 is 11.8 Å². The van der Waals surface area contributed by atoms with E-state index in [2.05, 4.69) is 4.99 Å². The zero-order valence-electron chi connectivity index (χ0n) is 10.9. The summed E-state index contributed by atoms with van der Waals surface area (Å²) in [5, 5.41) is 0. The van der Waals surface area contributed by atoms with Crippen molar-refractivity contribution in [3.63, 3.8) is 0 Å². The second-order valence-corrected chi connectivity index (χ2v) is 4.61. The topological polar surface area (TPSA) is 29.4 Å². The standard InChI is InChI=1S/C16H14FNO/c1-11(2)14-8-13(17)9-15(16(14)18-10-19)12-6-4-3-5-7-12/h3-9,11H,1-2H3. The average molecular weight is 255 g/mol. The van der Waals surface area contributed by atoms with E-state index in [1.807, 2.05) is 44.2 Å². The fourth-order valence-electron chi connectivity index (χ4n) is 2.07. The zero-order chi connectivity index (χ0) is 13.8. The van der Waals surface area contributed by atoms with Gasteiger partial charge in [-0.05, 0) is 29.2 Å². The van der Waals surface area contributed by atoms with Crippen LogP contribution in [0.4, 0.5) is 10.1 Å². The number of halogens is 1. The molecule has 0 fully saturated rings. The number of aliphatic imine (C=N–C) groups is 1. The van der Waals surface area contributed by atoms with Crippen LogP contribution in [0, 0.1) is 5.82 Å². The van der Waals surface area contributed by atoms with Crippen molar-refractivity contribution in [3.8, 4) is 11.1 Å². The average Bonchev–Trinajstić information content (AvgIpc) is 2.41. The van der Waals surface area contributed by atoms with Crippen molar-refractivity contribution in [2.75, 3.05) is 0 Å². The van der Waals surface area contributed by atoms with Crippen LogP contribution in [-0.4, -0.2) is 6.08 Å². The van der Waals surface area contributed by atoms with Gasteiger partial charge in [0.15, 0.2) is 0 Å². The lowest BCUT2D eigenvalue weighted by Crippen LogP contribution is -1.93. The van der Waals surface area contributed by atoms with Crippen LogP contribution in [0.5, 0.6) is 0 Å². The first-order chi connectivity index (χ1) is 9.13. The highest BCUT2D eigenvalue weighted by atomic mass is 19.1. The maximum atomic E-state index is 13.8. The van der Waals surface area contributed by atoms with Gasteiger partial charge in [0.2, 0.25) is 6.08 Å². The highest BCUT2D eigenvalue weighted by Gasteiger charge is 2.14. The summed E-state index contributed by atoms with van der Waals surface area (Å²) in [6, 6.07) is 12.2. The summed E-state index contributed by atoms with van der Waals surface area (Å²) in [7, 11) is 0. The summed E-state index contributed by atoms with van der Waals surface area (Å²) < 4.78 is 13.8. The van der Waals surface area contributed by atoms with Crippen LogP contribution in [0.25, 0.3) is 11.1 Å². The lowest BCUT2D eigenvalue weighted by Gasteiger charge is -2.13. The Morgan fingerprint density at radius 3 is 2.42 bits per heavy atom. The summed E-state index contributed by atoms with van der Waals surface area (Å²) in [6.45, 7) is 3.88. The van der Waals surface area contributed by atoms with Gasteiger partial charge in [0.05, 0.1) is 5.69 Å². The molecule has 0 atom stereocenters. The monoisotopic (exact) mass is 255 g/mol. The summed E-state index contributed by atoms with van der Waals surface area (Å²) in [4.78, 5) is 14.4. The van der Waals surface area contributed by atoms with E-state index in [4.69, 9.17) is 0 Å². The van der Waals surface area contributed by atoms with Crippen LogP contribution < -0.4 is 0 Å². The molecule has 0 spiro atoms. The SMILES string of the molecule is CC(C)c1cc(F)cc(-c2ccccc2)c1N=C=O. The third-order valence-corrected chi connectivity index (χ3v) is 2.97. The van der Waals surface area contributed by atoms with E-state index < -0.39 is 0 Å². The number of nitrogens with zero attached hydrogens (tertiary/aromatic N) is 1. The van der Waals surface area contributed by atoms with Crippen molar-refractivity contribution in [1.82, 2.24) is 0 Å². The molecule has 96 valence electrons. The van der Waals surface area contributed by atoms with Crippen molar-refractivity contribution in [2.45, 2.75) is 19.8 Å². The highest BCUT2D eigenvalue weighted by Crippen LogP contribution is 2.37. The molecule has 0 radical (unpaired) electrons. The van der Waals surface area contributed by atoms with Gasteiger partial charge in [-0.15, -0.1) is 0 Å². The number of hydrogen-bond donors (Lipinski definition) is 0. The molecule has 0 aliphatic heterocycles. The second-order valence-electron chi connectivity index (χ2n) is 4.61. The molecule has 0 aliphatic rings. The van der Waals surface area contributed by atoms with E-state index in [1.165, 1.54) is 12.1 Å². The Hall–Kier alpha value is -2.25. The van der Waals surface area contributed by atoms with E-state index in [9.17, 15) is 9.18 Å². The zero-order valence-corrected chi connectivity index (χ0v) is 10.9. The van der Waals surface area contributed by atoms with Crippen LogP contribution in [-0.2, 0) is 4.79 Å². The Kier molecular flexibility index (Phi) is 3.88. The van der Waals surface area contributed by atoms with Crippen LogP contribution >= 0.6 is 0 Å². The molecule has 2 aromatic carbocycles. The molecule has 3 heteroatoms. The fraction of sp³-hybridized carbons (Fsp3) is 0.188. The molecule has 0 N–H and O–H groups in total. The van der Waals surface area contributed by atoms with Gasteiger partial charge in [0.1, 0.15) is 5.82 Å². The van der Waals surface area contributed by atoms with E-state index >= 15 is 0 Å². The molecular formula is C16H14FNO. The smallest absolute Gasteiger partial charge is 0.211 e. The molecule has 2 aromatic rings. The maximum Gasteiger partial charge on any atom is 0.240 e. The summed E-state index contributed by atoms with van der Waals surface area (Å²) >= 11 is 0. The largest absolute Gasteiger partial charge is 0.240 e. The first-order valence-corrected chi connectivity index (χ1v) is 6.10. The van der Waals surface area contributed by atoms with Gasteiger partial charge in [-0.25, -0.2) is 9.18 Å². The number of isocyanates is 1. The first-order valence-electron chi connectivity index (χ1n) is 6.10. The van der Waals surface area contributed by atoms with Gasteiger partial charge < -0.3 is 0 Å². The van der Waals surface area contributed by atoms with Crippen LogP contribution in [0.2, 0.25) is 0 Å². The maximum absolute atomic E-state index is 13.8. The predicted octanol–water partition coefficient (Wildman–Crippen LogP) is 4.58. The van der Waals surface area contributed by atoms with Gasteiger partial charge in [0.25, 0.3) is 0 Å². The Balaban J connectivity index is 2.75. The fourth-order valence-corrected chi connectivity index (χ4v) is 2.07. The number of carbonyl (C=O) groups excluding carboxylic acids is 1. The second kappa shape index (κ2) is 5.59. The minimum atomic E-state index is -0.326. The Labute approximate surface area is 111 Å². The van der Waals surface area contributed by atoms with Gasteiger partial charge in [0, 0.05) is 5.56 Å². The summed E-state index contributed by atoms with van der Waals surface area (Å²) in [6.07, 6.45) is 1.56. The van der Waals surface area contributed by atoms with E-state index in [1.54, 1.807) is 6.08 Å². The quantitative estimate of drug-likeness (QED) is 0.583. The highest BCUT2D eigenvalue weighted by molar-refractivity contribution is 5.80. The van der Waals surface area contributed by atoms with Crippen LogP contribution in [0.3, 0.4) is 0 Å². The molecule has 0 saturated heterocycles. The normalized spacial score (nSPS) is 10.3. The molecule has 0 aliphatic carbocycles. The van der Waals surface area contributed by atoms with E-state index in [-0.39, 0.29) is 11.7 Å². The lowest BCUT2D eigenvalue weighted by molar-refractivity contribution is 0.565. The molecule has 0 aromatic heterocycles. The van der Waals surface area contributed by atoms with Gasteiger partial charge in [-0.1, -0.05) is 44.2 Å². The molecule has 0 heterocycles.